The zero-order valence-corrected chi connectivity index (χ0v) is 10.1. The molecule has 1 unspecified atom stereocenters. The Labute approximate surface area is 82.2 Å². The minimum Gasteiger partial charge on any atom is -0.420 e. The van der Waals surface area contributed by atoms with E-state index in [1.807, 2.05) is 7.11 Å². The normalized spacial score (nSPS) is 20.5. The highest BCUT2D eigenvalue weighted by Gasteiger charge is 2.20. The van der Waals surface area contributed by atoms with E-state index in [1.54, 1.807) is 0 Å². The molecule has 4 heteroatoms. The highest BCUT2D eigenvalue weighted by atomic mass is 28.4. The second-order valence-corrected chi connectivity index (χ2v) is 8.26. The van der Waals surface area contributed by atoms with E-state index in [0.29, 0.717) is 6.61 Å². The van der Waals surface area contributed by atoms with Crippen LogP contribution >= 0.6 is 0 Å². The third kappa shape index (κ3) is 8.43. The van der Waals surface area contributed by atoms with Crippen LogP contribution in [0.15, 0.2) is 0 Å². The molecule has 1 aliphatic heterocycles. The molecule has 1 fully saturated rings. The molecule has 1 radical (unpaired) electrons. The zero-order chi connectivity index (χ0) is 10.3. The van der Waals surface area contributed by atoms with Crippen LogP contribution in [0.3, 0.4) is 0 Å². The van der Waals surface area contributed by atoms with Crippen LogP contribution < -0.4 is 0 Å². The number of hydrogen-bond acceptors (Lipinski definition) is 2. The fourth-order valence-corrected chi connectivity index (χ4v) is 2.28. The molecule has 0 aromatic rings. The van der Waals surface area contributed by atoms with Crippen LogP contribution in [0.25, 0.3) is 0 Å². The maximum absolute atomic E-state index is 9.57. The Kier molecular flexibility index (Phi) is 6.58. The van der Waals surface area contributed by atoms with Crippen LogP contribution in [0.1, 0.15) is 13.3 Å². The summed E-state index contributed by atoms with van der Waals surface area (Å²) in [6, 6.07) is 1.28. The van der Waals surface area contributed by atoms with Gasteiger partial charge in [0, 0.05) is 7.11 Å². The molecule has 13 heavy (non-hydrogen) atoms. The van der Waals surface area contributed by atoms with Gasteiger partial charge in [0.15, 0.2) is 8.32 Å². The largest absolute Gasteiger partial charge is 0.420 e. The Morgan fingerprint density at radius 2 is 2.08 bits per heavy atom. The fourth-order valence-electron chi connectivity index (χ4n) is 0.868. The van der Waals surface area contributed by atoms with Crippen molar-refractivity contribution in [3.05, 3.63) is 0 Å². The summed E-state index contributed by atoms with van der Waals surface area (Å²) >= 11 is 0. The number of epoxide rings is 1. The molecule has 0 aromatic heterocycles. The van der Waals surface area contributed by atoms with Gasteiger partial charge in [-0.3, -0.25) is 0 Å². The molecule has 0 aromatic carbocycles. The number of ether oxygens (including phenoxy) is 1. The van der Waals surface area contributed by atoms with Gasteiger partial charge in [0.1, 0.15) is 12.7 Å². The van der Waals surface area contributed by atoms with Gasteiger partial charge in [0.25, 0.3) is 0 Å². The van der Waals surface area contributed by atoms with Crippen molar-refractivity contribution in [2.45, 2.75) is 38.6 Å². The Bertz CT molecular complexity index is 124. The number of rotatable bonds is 4. The van der Waals surface area contributed by atoms with Crippen LogP contribution in [0, 0.1) is 0 Å². The maximum Gasteiger partial charge on any atom is 0.186 e. The number of hydrogen-bond donors (Lipinski definition) is 0. The van der Waals surface area contributed by atoms with E-state index in [4.69, 9.17) is 4.43 Å². The molecule has 1 saturated heterocycles. The van der Waals surface area contributed by atoms with Gasteiger partial charge in [0.2, 0.25) is 0 Å². The van der Waals surface area contributed by atoms with E-state index in [-0.39, 0.29) is 12.7 Å². The predicted molar refractivity (Wildman–Crippen MR) is 54.9 cm³/mol. The van der Waals surface area contributed by atoms with E-state index in [0.717, 1.165) is 0 Å². The van der Waals surface area contributed by atoms with Crippen LogP contribution in [0.2, 0.25) is 19.1 Å². The summed E-state index contributed by atoms with van der Waals surface area (Å²) in [4.78, 5) is 0. The van der Waals surface area contributed by atoms with Crippen LogP contribution in [0.5, 0.6) is 0 Å². The van der Waals surface area contributed by atoms with E-state index < -0.39 is 8.32 Å². The average molecular weight is 205 g/mol. The first-order chi connectivity index (χ1) is 6.05. The lowest BCUT2D eigenvalue weighted by Gasteiger charge is -2.17. The monoisotopic (exact) mass is 205 g/mol. The van der Waals surface area contributed by atoms with Crippen LogP contribution in [-0.4, -0.2) is 34.7 Å². The summed E-state index contributed by atoms with van der Waals surface area (Å²) in [5, 5.41) is 9.57. The summed E-state index contributed by atoms with van der Waals surface area (Å²) in [6.45, 7) is 7.34. The van der Waals surface area contributed by atoms with Gasteiger partial charge in [-0.05, 0) is 19.1 Å². The first-order valence-electron chi connectivity index (χ1n) is 4.80. The third-order valence-electron chi connectivity index (χ3n) is 1.99. The lowest BCUT2D eigenvalue weighted by molar-refractivity contribution is 0.164. The topological polar surface area (TPSA) is 41.7 Å². The average Bonchev–Trinajstić information content (AvgIpc) is 2.88. The Balaban J connectivity index is 0.000000243. The molecule has 1 rings (SSSR count). The van der Waals surface area contributed by atoms with Gasteiger partial charge in [-0.1, -0.05) is 13.3 Å². The molecule has 1 aliphatic rings. The van der Waals surface area contributed by atoms with Gasteiger partial charge in [-0.25, -0.2) is 5.11 Å². The van der Waals surface area contributed by atoms with Crippen molar-refractivity contribution in [2.75, 3.05) is 20.3 Å². The third-order valence-corrected chi connectivity index (χ3v) is 4.80. The van der Waals surface area contributed by atoms with E-state index in [9.17, 15) is 5.11 Å². The van der Waals surface area contributed by atoms with Crippen molar-refractivity contribution < 1.29 is 14.3 Å². The van der Waals surface area contributed by atoms with E-state index in [1.165, 1.54) is 12.5 Å². The molecule has 0 spiro atoms. The van der Waals surface area contributed by atoms with E-state index >= 15 is 0 Å². The lowest BCUT2D eigenvalue weighted by atomic mass is 10.5. The van der Waals surface area contributed by atoms with Gasteiger partial charge < -0.3 is 9.16 Å². The molecular weight excluding hydrogens is 184 g/mol. The van der Waals surface area contributed by atoms with Crippen molar-refractivity contribution in [1.82, 2.24) is 0 Å². The lowest BCUT2D eigenvalue weighted by Crippen LogP contribution is -2.27. The van der Waals surface area contributed by atoms with Crippen molar-refractivity contribution in [3.63, 3.8) is 0 Å². The molecule has 3 nitrogen and oxygen atoms in total. The zero-order valence-electron chi connectivity index (χ0n) is 9.13. The smallest absolute Gasteiger partial charge is 0.186 e. The molecule has 1 heterocycles. The summed E-state index contributed by atoms with van der Waals surface area (Å²) in [5.41, 5.74) is 0. The first kappa shape index (κ1) is 13.1. The predicted octanol–water partition coefficient (Wildman–Crippen LogP) is 2.06. The summed E-state index contributed by atoms with van der Waals surface area (Å²) in [7, 11) is 0.644. The molecule has 0 amide bonds. The van der Waals surface area contributed by atoms with Gasteiger partial charge in [-0.15, -0.1) is 0 Å². The second-order valence-electron chi connectivity index (χ2n) is 3.84. The molecule has 0 aliphatic carbocycles. The van der Waals surface area contributed by atoms with Crippen LogP contribution in [0.4, 0.5) is 0 Å². The van der Waals surface area contributed by atoms with E-state index in [2.05, 4.69) is 24.8 Å². The maximum atomic E-state index is 9.57. The highest BCUT2D eigenvalue weighted by Crippen LogP contribution is 2.10. The van der Waals surface area contributed by atoms with Crippen LogP contribution in [-0.2, 0) is 14.3 Å². The Morgan fingerprint density at radius 3 is 2.15 bits per heavy atom. The Morgan fingerprint density at radius 1 is 1.54 bits per heavy atom. The molecule has 0 saturated carbocycles. The molecule has 79 valence electrons. The minimum absolute atomic E-state index is 0.0556. The fraction of sp³-hybridized carbons (Fsp3) is 1.00. The van der Waals surface area contributed by atoms with Crippen molar-refractivity contribution in [2.24, 2.45) is 0 Å². The van der Waals surface area contributed by atoms with Gasteiger partial charge in [0.05, 0.1) is 6.61 Å². The summed E-state index contributed by atoms with van der Waals surface area (Å²) in [5.74, 6) is 0. The standard InChI is InChI=1S/C6H16OSi.C3H5O2/c1-5-6-8(3,4)7-2;4-1-3-2-5-3/h5-6H2,1-4H3;3H,1-2H2. The van der Waals surface area contributed by atoms with Crippen molar-refractivity contribution in [1.29, 1.82) is 0 Å². The SMILES string of the molecule is CCC[Si](C)(C)OC.[O]CC1CO1. The van der Waals surface area contributed by atoms with Crippen molar-refractivity contribution in [3.8, 4) is 0 Å². The molecule has 0 bridgehead atoms. The highest BCUT2D eigenvalue weighted by molar-refractivity contribution is 6.71. The Hall–Kier alpha value is 0.0969. The first-order valence-corrected chi connectivity index (χ1v) is 7.92. The molecule has 0 N–H and O–H groups in total. The van der Waals surface area contributed by atoms with Gasteiger partial charge >= 0.3 is 0 Å². The quantitative estimate of drug-likeness (QED) is 0.521. The van der Waals surface area contributed by atoms with Crippen molar-refractivity contribution >= 4 is 8.32 Å². The molecule has 1 atom stereocenters. The second kappa shape index (κ2) is 6.54. The minimum atomic E-state index is -1.18. The molecular formula is C9H21O3Si. The van der Waals surface area contributed by atoms with Gasteiger partial charge in [-0.2, -0.15) is 0 Å². The summed E-state index contributed by atoms with van der Waals surface area (Å²) < 4.78 is 9.86. The summed E-state index contributed by atoms with van der Waals surface area (Å²) in [6.07, 6.45) is 1.34.